The van der Waals surface area contributed by atoms with E-state index in [-0.39, 0.29) is 17.9 Å². The predicted octanol–water partition coefficient (Wildman–Crippen LogP) is 2.26. The first-order chi connectivity index (χ1) is 10.0. The molecule has 0 atom stereocenters. The van der Waals surface area contributed by atoms with Gasteiger partial charge in [0.1, 0.15) is 12.1 Å². The molecule has 0 aliphatic carbocycles. The Morgan fingerprint density at radius 2 is 2.10 bits per heavy atom. The largest absolute Gasteiger partial charge is 0.465 e. The van der Waals surface area contributed by atoms with Crippen LogP contribution in [0.1, 0.15) is 48.1 Å². The Bertz CT molecular complexity index is 676. The summed E-state index contributed by atoms with van der Waals surface area (Å²) in [6.45, 7) is 6.09. The average Bonchev–Trinajstić information content (AvgIpc) is 2.83. The predicted molar refractivity (Wildman–Crippen MR) is 77.3 cm³/mol. The third kappa shape index (κ3) is 3.65. The number of ether oxygens (including phenoxy) is 1. The molecule has 2 aromatic heterocycles. The van der Waals surface area contributed by atoms with E-state index in [2.05, 4.69) is 10.1 Å². The number of carbonyl (C=O) groups excluding carboxylic acids is 2. The molecule has 0 spiro atoms. The van der Waals surface area contributed by atoms with Crippen LogP contribution < -0.4 is 0 Å². The number of aromatic nitrogens is 3. The summed E-state index contributed by atoms with van der Waals surface area (Å²) >= 11 is 0. The van der Waals surface area contributed by atoms with Crippen molar-refractivity contribution in [3.8, 4) is 0 Å². The van der Waals surface area contributed by atoms with E-state index in [4.69, 9.17) is 4.74 Å². The molecule has 0 radical (unpaired) electrons. The SMILES string of the molecule is CCCCOC(=O)CC(=O)c1cc2c(C)nc(C)cn2n1. The van der Waals surface area contributed by atoms with E-state index in [1.807, 2.05) is 20.8 Å². The number of unbranched alkanes of at least 4 members (excludes halogenated alkanes) is 1. The standard InChI is InChI=1S/C15H19N3O3/c1-4-5-6-21-15(20)8-14(19)12-7-13-11(3)16-10(2)9-18(13)17-12/h7,9H,4-6,8H2,1-3H3. The van der Waals surface area contributed by atoms with Crippen LogP contribution in [0.5, 0.6) is 0 Å². The molecule has 6 heteroatoms. The van der Waals surface area contributed by atoms with Gasteiger partial charge in [-0.2, -0.15) is 5.10 Å². The zero-order valence-electron chi connectivity index (χ0n) is 12.5. The number of aryl methyl sites for hydroxylation is 2. The van der Waals surface area contributed by atoms with Crippen LogP contribution in [0.3, 0.4) is 0 Å². The summed E-state index contributed by atoms with van der Waals surface area (Å²) in [6, 6.07) is 1.66. The van der Waals surface area contributed by atoms with Crippen LogP contribution in [-0.2, 0) is 9.53 Å². The van der Waals surface area contributed by atoms with Crippen molar-refractivity contribution in [2.24, 2.45) is 0 Å². The minimum absolute atomic E-state index is 0.262. The zero-order valence-corrected chi connectivity index (χ0v) is 12.5. The molecule has 0 fully saturated rings. The van der Waals surface area contributed by atoms with Crippen LogP contribution in [0.15, 0.2) is 12.3 Å². The maximum atomic E-state index is 12.1. The Kier molecular flexibility index (Phi) is 4.67. The molecular weight excluding hydrogens is 270 g/mol. The Hall–Kier alpha value is -2.24. The third-order valence-electron chi connectivity index (χ3n) is 3.11. The van der Waals surface area contributed by atoms with Crippen LogP contribution in [0, 0.1) is 13.8 Å². The van der Waals surface area contributed by atoms with Gasteiger partial charge in [-0.1, -0.05) is 13.3 Å². The van der Waals surface area contributed by atoms with Gasteiger partial charge in [-0.05, 0) is 26.3 Å². The molecule has 2 rings (SSSR count). The van der Waals surface area contributed by atoms with Gasteiger partial charge in [0.15, 0.2) is 5.78 Å². The fourth-order valence-corrected chi connectivity index (χ4v) is 2.03. The Balaban J connectivity index is 2.09. The highest BCUT2D eigenvalue weighted by atomic mass is 16.5. The van der Waals surface area contributed by atoms with Crippen LogP contribution in [0.2, 0.25) is 0 Å². The Morgan fingerprint density at radius 3 is 2.81 bits per heavy atom. The molecule has 0 saturated heterocycles. The average molecular weight is 289 g/mol. The third-order valence-corrected chi connectivity index (χ3v) is 3.11. The maximum Gasteiger partial charge on any atom is 0.313 e. The maximum absolute atomic E-state index is 12.1. The van der Waals surface area contributed by atoms with Gasteiger partial charge in [-0.15, -0.1) is 0 Å². The molecule has 112 valence electrons. The fourth-order valence-electron chi connectivity index (χ4n) is 2.03. The number of ketones is 1. The van der Waals surface area contributed by atoms with Gasteiger partial charge in [-0.3, -0.25) is 14.6 Å². The van der Waals surface area contributed by atoms with Gasteiger partial charge < -0.3 is 4.74 Å². The molecule has 0 aliphatic rings. The Morgan fingerprint density at radius 1 is 1.33 bits per heavy atom. The second kappa shape index (κ2) is 6.47. The normalized spacial score (nSPS) is 10.8. The summed E-state index contributed by atoms with van der Waals surface area (Å²) in [5, 5.41) is 4.20. The van der Waals surface area contributed by atoms with Crippen molar-refractivity contribution in [2.45, 2.75) is 40.0 Å². The number of rotatable bonds is 6. The minimum atomic E-state index is -0.503. The van der Waals surface area contributed by atoms with Crippen LogP contribution >= 0.6 is 0 Å². The van der Waals surface area contributed by atoms with E-state index in [1.165, 1.54) is 0 Å². The van der Waals surface area contributed by atoms with Gasteiger partial charge in [0.25, 0.3) is 0 Å². The second-order valence-electron chi connectivity index (χ2n) is 5.00. The Labute approximate surface area is 123 Å². The zero-order chi connectivity index (χ0) is 15.4. The smallest absolute Gasteiger partial charge is 0.313 e. The summed E-state index contributed by atoms with van der Waals surface area (Å²) in [5.74, 6) is -0.839. The lowest BCUT2D eigenvalue weighted by Gasteiger charge is -2.01. The molecule has 0 unspecified atom stereocenters. The van der Waals surface area contributed by atoms with Crippen molar-refractivity contribution in [2.75, 3.05) is 6.61 Å². The highest BCUT2D eigenvalue weighted by Crippen LogP contribution is 2.12. The monoisotopic (exact) mass is 289 g/mol. The van der Waals surface area contributed by atoms with E-state index in [1.54, 1.807) is 16.8 Å². The number of hydrogen-bond donors (Lipinski definition) is 0. The highest BCUT2D eigenvalue weighted by molar-refractivity contribution is 6.05. The molecule has 0 aliphatic heterocycles. The number of esters is 1. The van der Waals surface area contributed by atoms with E-state index in [0.29, 0.717) is 6.61 Å². The molecule has 0 saturated carbocycles. The lowest BCUT2D eigenvalue weighted by Crippen LogP contribution is -2.12. The first-order valence-corrected chi connectivity index (χ1v) is 7.03. The topological polar surface area (TPSA) is 73.6 Å². The molecule has 2 aromatic rings. The van der Waals surface area contributed by atoms with Gasteiger partial charge in [0.2, 0.25) is 0 Å². The van der Waals surface area contributed by atoms with Crippen molar-refractivity contribution in [3.05, 3.63) is 29.3 Å². The van der Waals surface area contributed by atoms with Crippen LogP contribution in [0.25, 0.3) is 5.52 Å². The molecule has 0 N–H and O–H groups in total. The van der Waals surface area contributed by atoms with E-state index in [0.717, 1.165) is 29.7 Å². The molecule has 0 amide bonds. The van der Waals surface area contributed by atoms with E-state index < -0.39 is 5.97 Å². The van der Waals surface area contributed by atoms with Crippen molar-refractivity contribution in [1.29, 1.82) is 0 Å². The number of hydrogen-bond acceptors (Lipinski definition) is 5. The summed E-state index contributed by atoms with van der Waals surface area (Å²) < 4.78 is 6.60. The van der Waals surface area contributed by atoms with Gasteiger partial charge in [0.05, 0.1) is 29.7 Å². The van der Waals surface area contributed by atoms with Gasteiger partial charge in [-0.25, -0.2) is 4.52 Å². The van der Waals surface area contributed by atoms with Gasteiger partial charge in [0, 0.05) is 0 Å². The molecule has 0 aromatic carbocycles. The molecule has 6 nitrogen and oxygen atoms in total. The molecule has 0 bridgehead atoms. The lowest BCUT2D eigenvalue weighted by atomic mass is 10.2. The fraction of sp³-hybridized carbons (Fsp3) is 0.467. The second-order valence-corrected chi connectivity index (χ2v) is 5.00. The summed E-state index contributed by atoms with van der Waals surface area (Å²) in [4.78, 5) is 27.9. The highest BCUT2D eigenvalue weighted by Gasteiger charge is 2.17. The minimum Gasteiger partial charge on any atom is -0.465 e. The number of nitrogens with zero attached hydrogens (tertiary/aromatic N) is 3. The number of Topliss-reactive ketones (excluding diaryl/α,β-unsaturated/α-hetero) is 1. The number of carbonyl (C=O) groups is 2. The first kappa shape index (κ1) is 15.2. The number of fused-ring (bicyclic) bond motifs is 1. The molecule has 21 heavy (non-hydrogen) atoms. The van der Waals surface area contributed by atoms with Crippen molar-refractivity contribution >= 4 is 17.3 Å². The van der Waals surface area contributed by atoms with Crippen molar-refractivity contribution in [3.63, 3.8) is 0 Å². The van der Waals surface area contributed by atoms with Crippen molar-refractivity contribution in [1.82, 2.24) is 14.6 Å². The van der Waals surface area contributed by atoms with E-state index >= 15 is 0 Å². The van der Waals surface area contributed by atoms with Crippen LogP contribution in [-0.4, -0.2) is 33.0 Å². The summed E-state index contributed by atoms with van der Waals surface area (Å²) in [6.07, 6.45) is 3.22. The summed E-state index contributed by atoms with van der Waals surface area (Å²) in [5.41, 5.74) is 2.65. The summed E-state index contributed by atoms with van der Waals surface area (Å²) in [7, 11) is 0. The first-order valence-electron chi connectivity index (χ1n) is 7.03. The molecular formula is C15H19N3O3. The lowest BCUT2D eigenvalue weighted by molar-refractivity contribution is -0.142. The quantitative estimate of drug-likeness (QED) is 0.353. The van der Waals surface area contributed by atoms with Gasteiger partial charge >= 0.3 is 5.97 Å². The van der Waals surface area contributed by atoms with Crippen molar-refractivity contribution < 1.29 is 14.3 Å². The van der Waals surface area contributed by atoms with E-state index in [9.17, 15) is 9.59 Å². The van der Waals surface area contributed by atoms with Crippen LogP contribution in [0.4, 0.5) is 0 Å². The molecule has 2 heterocycles.